The van der Waals surface area contributed by atoms with E-state index in [1.54, 1.807) is 19.9 Å². The number of cyclic esters (lactones) is 1. The van der Waals surface area contributed by atoms with Gasteiger partial charge in [0.05, 0.1) is 35.7 Å². The van der Waals surface area contributed by atoms with Crippen molar-refractivity contribution in [3.05, 3.63) is 12.2 Å². The van der Waals surface area contributed by atoms with Crippen LogP contribution in [-0.4, -0.2) is 84.6 Å². The smallest absolute Gasteiger partial charge is 0.309 e. The van der Waals surface area contributed by atoms with Gasteiger partial charge in [0.25, 0.3) is 0 Å². The highest BCUT2D eigenvalue weighted by atomic mass is 16.6. The SMILES string of the molecule is C[C@H]1C(=O)OC[C@H]1C[C@@H](O)[C@](C)(O)[C@]1(O)CC[C@@]2(O)[C@@H]3C[C@H](O)[C@]45O[C@H]4C=CC(=O)[C@]5(C)[C@H]3CC[C@]12C. The van der Waals surface area contributed by atoms with Gasteiger partial charge in [0, 0.05) is 11.3 Å². The molecule has 2 saturated heterocycles. The number of carbonyl (C=O) groups is 2. The summed E-state index contributed by atoms with van der Waals surface area (Å²) in [5.74, 6) is -1.93. The first kappa shape index (κ1) is 25.9. The lowest BCUT2D eigenvalue weighted by molar-refractivity contribution is -0.288. The lowest BCUT2D eigenvalue weighted by atomic mass is 9.42. The Bertz CT molecular complexity index is 1070. The topological polar surface area (TPSA) is 157 Å². The summed E-state index contributed by atoms with van der Waals surface area (Å²) in [6.07, 6.45) is 1.95. The number of ether oxygens (including phenoxy) is 2. The third-order valence-electron chi connectivity index (χ3n) is 12.5. The van der Waals surface area contributed by atoms with E-state index in [9.17, 15) is 35.1 Å². The van der Waals surface area contributed by atoms with Crippen LogP contribution in [0.5, 0.6) is 0 Å². The maximum atomic E-state index is 13.3. The van der Waals surface area contributed by atoms with Gasteiger partial charge in [-0.05, 0) is 76.4 Å². The summed E-state index contributed by atoms with van der Waals surface area (Å²) in [7, 11) is 0. The number of esters is 1. The number of ketones is 1. The molecular weight excluding hydrogens is 480 g/mol. The van der Waals surface area contributed by atoms with Gasteiger partial charge in [-0.3, -0.25) is 9.59 Å². The van der Waals surface area contributed by atoms with E-state index in [4.69, 9.17) is 9.47 Å². The van der Waals surface area contributed by atoms with Crippen molar-refractivity contribution in [1.82, 2.24) is 0 Å². The summed E-state index contributed by atoms with van der Waals surface area (Å²) < 4.78 is 11.1. The molecule has 37 heavy (non-hydrogen) atoms. The lowest BCUT2D eigenvalue weighted by Gasteiger charge is -2.64. The van der Waals surface area contributed by atoms with Crippen LogP contribution in [0.25, 0.3) is 0 Å². The second-order valence-electron chi connectivity index (χ2n) is 13.5. The van der Waals surface area contributed by atoms with Crippen molar-refractivity contribution in [2.45, 2.75) is 107 Å². The fourth-order valence-corrected chi connectivity index (χ4v) is 9.68. The number of aliphatic hydroxyl groups excluding tert-OH is 2. The van der Waals surface area contributed by atoms with Crippen LogP contribution in [0.2, 0.25) is 0 Å². The molecule has 6 rings (SSSR count). The van der Waals surface area contributed by atoms with Gasteiger partial charge in [-0.2, -0.15) is 0 Å². The molecule has 5 N–H and O–H groups in total. The second-order valence-corrected chi connectivity index (χ2v) is 13.5. The number of fused-ring (bicyclic) bond motifs is 4. The van der Waals surface area contributed by atoms with Crippen LogP contribution in [0.1, 0.15) is 66.2 Å². The average molecular weight is 521 g/mol. The molecule has 3 saturated carbocycles. The Balaban J connectivity index is 1.33. The molecule has 9 heteroatoms. The number of allylic oxidation sites excluding steroid dienone is 1. The van der Waals surface area contributed by atoms with E-state index in [-0.39, 0.29) is 62.0 Å². The number of hydrogen-bond donors (Lipinski definition) is 5. The predicted molar refractivity (Wildman–Crippen MR) is 129 cm³/mol. The number of epoxide rings is 1. The fraction of sp³-hybridized carbons (Fsp3) is 0.857. The van der Waals surface area contributed by atoms with E-state index in [0.717, 1.165) is 0 Å². The van der Waals surface area contributed by atoms with Gasteiger partial charge in [-0.1, -0.05) is 13.8 Å². The Kier molecular flexibility index (Phi) is 5.20. The molecule has 13 atom stereocenters. The van der Waals surface area contributed by atoms with Crippen molar-refractivity contribution in [2.24, 2.45) is 34.5 Å². The van der Waals surface area contributed by atoms with Crippen LogP contribution in [0, 0.1) is 34.5 Å². The van der Waals surface area contributed by atoms with Crippen molar-refractivity contribution < 1.29 is 44.6 Å². The molecule has 206 valence electrons. The van der Waals surface area contributed by atoms with Crippen LogP contribution in [-0.2, 0) is 19.1 Å². The first-order chi connectivity index (χ1) is 17.1. The Hall–Kier alpha value is -1.36. The second kappa shape index (κ2) is 7.43. The molecule has 0 aromatic heterocycles. The largest absolute Gasteiger partial charge is 0.465 e. The first-order valence-corrected chi connectivity index (χ1v) is 13.7. The van der Waals surface area contributed by atoms with Crippen molar-refractivity contribution in [3.63, 3.8) is 0 Å². The highest BCUT2D eigenvalue weighted by Crippen LogP contribution is 2.74. The first-order valence-electron chi connectivity index (χ1n) is 13.7. The zero-order chi connectivity index (χ0) is 27.0. The molecule has 0 aromatic carbocycles. The maximum absolute atomic E-state index is 13.3. The van der Waals surface area contributed by atoms with Crippen LogP contribution >= 0.6 is 0 Å². The molecule has 2 aliphatic heterocycles. The van der Waals surface area contributed by atoms with Crippen molar-refractivity contribution in [3.8, 4) is 0 Å². The van der Waals surface area contributed by atoms with Gasteiger partial charge in [0.15, 0.2) is 5.78 Å². The normalized spacial score (nSPS) is 56.5. The molecule has 1 spiro atoms. The molecule has 9 nitrogen and oxygen atoms in total. The summed E-state index contributed by atoms with van der Waals surface area (Å²) in [6.45, 7) is 6.90. The Morgan fingerprint density at radius 1 is 1.16 bits per heavy atom. The maximum Gasteiger partial charge on any atom is 0.309 e. The molecule has 4 aliphatic carbocycles. The van der Waals surface area contributed by atoms with Gasteiger partial charge >= 0.3 is 5.97 Å². The van der Waals surface area contributed by atoms with Crippen LogP contribution in [0.3, 0.4) is 0 Å². The van der Waals surface area contributed by atoms with Crippen molar-refractivity contribution >= 4 is 11.8 Å². The predicted octanol–water partition coefficient (Wildman–Crippen LogP) is 0.633. The van der Waals surface area contributed by atoms with E-state index in [1.165, 1.54) is 13.0 Å². The highest BCUT2D eigenvalue weighted by molar-refractivity contribution is 5.98. The zero-order valence-corrected chi connectivity index (χ0v) is 22.0. The molecule has 0 bridgehead atoms. The lowest BCUT2D eigenvalue weighted by Crippen LogP contribution is -2.74. The number of hydrogen-bond acceptors (Lipinski definition) is 9. The molecule has 2 heterocycles. The van der Waals surface area contributed by atoms with E-state index in [1.807, 2.05) is 6.92 Å². The molecule has 5 fully saturated rings. The minimum Gasteiger partial charge on any atom is -0.465 e. The summed E-state index contributed by atoms with van der Waals surface area (Å²) >= 11 is 0. The summed E-state index contributed by atoms with van der Waals surface area (Å²) in [4.78, 5) is 25.2. The van der Waals surface area contributed by atoms with Crippen LogP contribution in [0.4, 0.5) is 0 Å². The quantitative estimate of drug-likeness (QED) is 0.265. The van der Waals surface area contributed by atoms with Gasteiger partial charge in [-0.15, -0.1) is 0 Å². The Morgan fingerprint density at radius 3 is 2.51 bits per heavy atom. The third kappa shape index (κ3) is 2.71. The van der Waals surface area contributed by atoms with E-state index < -0.39 is 57.3 Å². The number of carbonyl (C=O) groups excluding carboxylic acids is 2. The summed E-state index contributed by atoms with van der Waals surface area (Å²) in [6, 6.07) is 0. The molecule has 0 aromatic rings. The van der Waals surface area contributed by atoms with E-state index in [0.29, 0.717) is 12.8 Å². The minimum atomic E-state index is -1.99. The van der Waals surface area contributed by atoms with Gasteiger partial charge < -0.3 is 35.0 Å². The third-order valence-corrected chi connectivity index (χ3v) is 12.5. The average Bonchev–Trinajstić information content (AvgIpc) is 3.46. The van der Waals surface area contributed by atoms with Gasteiger partial charge in [0.1, 0.15) is 22.9 Å². The molecular formula is C28H40O9. The molecule has 0 radical (unpaired) electrons. The monoisotopic (exact) mass is 520 g/mol. The molecule has 0 unspecified atom stereocenters. The number of aliphatic hydroxyl groups is 5. The van der Waals surface area contributed by atoms with Crippen LogP contribution < -0.4 is 0 Å². The Morgan fingerprint density at radius 2 is 1.86 bits per heavy atom. The van der Waals surface area contributed by atoms with Gasteiger partial charge in [0.2, 0.25) is 0 Å². The minimum absolute atomic E-state index is 0.0495. The molecule has 6 aliphatic rings. The Labute approximate surface area is 216 Å². The zero-order valence-electron chi connectivity index (χ0n) is 22.0. The van der Waals surface area contributed by atoms with Crippen molar-refractivity contribution in [1.29, 1.82) is 0 Å². The molecule has 0 amide bonds. The van der Waals surface area contributed by atoms with Crippen molar-refractivity contribution in [2.75, 3.05) is 6.61 Å². The van der Waals surface area contributed by atoms with E-state index in [2.05, 4.69) is 0 Å². The highest BCUT2D eigenvalue weighted by Gasteiger charge is 2.83. The van der Waals surface area contributed by atoms with Gasteiger partial charge in [-0.25, -0.2) is 0 Å². The van der Waals surface area contributed by atoms with E-state index >= 15 is 0 Å². The standard InChI is InChI=1S/C28H40O9/c1-14-15(13-36-22(14)32)11-19(30)25(4,33)27(35)10-9-26(34)17-12-20(31)28-21(37-28)6-5-18(29)24(28,3)16(17)7-8-23(26,27)2/h5-6,14-17,19-21,30-31,33-35H,7-13H2,1-4H3/t14-,15-,16+,17-,19-,20+,21+,23+,24+,25+,26-,27+,28+/m1/s1. The summed E-state index contributed by atoms with van der Waals surface area (Å²) in [5, 5.41) is 59.0. The van der Waals surface area contributed by atoms with Crippen LogP contribution in [0.15, 0.2) is 12.2 Å². The fourth-order valence-electron chi connectivity index (χ4n) is 9.68. The summed E-state index contributed by atoms with van der Waals surface area (Å²) in [5.41, 5.74) is -8.50. The number of rotatable bonds is 4.